The second-order valence-corrected chi connectivity index (χ2v) is 4.30. The van der Waals surface area contributed by atoms with Gasteiger partial charge in [-0.15, -0.1) is 0 Å². The zero-order chi connectivity index (χ0) is 11.4. The third-order valence-corrected chi connectivity index (χ3v) is 2.63. The van der Waals surface area contributed by atoms with Crippen molar-refractivity contribution in [3.05, 3.63) is 34.9 Å². The summed E-state index contributed by atoms with van der Waals surface area (Å²) in [7, 11) is 0. The Morgan fingerprint density at radius 1 is 1.20 bits per heavy atom. The molecule has 0 amide bonds. The summed E-state index contributed by atoms with van der Waals surface area (Å²) in [6.07, 6.45) is 1.28. The van der Waals surface area contributed by atoms with Gasteiger partial charge < -0.3 is 10.8 Å². The maximum atomic E-state index is 9.83. The molecule has 0 unspecified atom stereocenters. The second-order valence-electron chi connectivity index (χ2n) is 4.30. The summed E-state index contributed by atoms with van der Waals surface area (Å²) in [6.45, 7) is 6.16. The normalized spacial score (nSPS) is 15.0. The highest BCUT2D eigenvalue weighted by Crippen LogP contribution is 2.20. The molecule has 0 heterocycles. The van der Waals surface area contributed by atoms with Crippen LogP contribution in [0.5, 0.6) is 0 Å². The Morgan fingerprint density at radius 3 is 2.20 bits per heavy atom. The molecule has 0 bridgehead atoms. The Kier molecular flexibility index (Phi) is 4.30. The van der Waals surface area contributed by atoms with Crippen molar-refractivity contribution >= 4 is 0 Å². The van der Waals surface area contributed by atoms with Gasteiger partial charge in [0.25, 0.3) is 0 Å². The maximum absolute atomic E-state index is 9.83. The van der Waals surface area contributed by atoms with E-state index >= 15 is 0 Å². The van der Waals surface area contributed by atoms with Crippen LogP contribution >= 0.6 is 0 Å². The van der Waals surface area contributed by atoms with Gasteiger partial charge in [-0.3, -0.25) is 0 Å². The molecule has 3 N–H and O–H groups in total. The third-order valence-electron chi connectivity index (χ3n) is 2.63. The molecule has 1 aromatic rings. The Labute approximate surface area is 92.1 Å². The summed E-state index contributed by atoms with van der Waals surface area (Å²) in [5, 5.41) is 9.83. The summed E-state index contributed by atoms with van der Waals surface area (Å²) < 4.78 is 0. The quantitative estimate of drug-likeness (QED) is 0.796. The van der Waals surface area contributed by atoms with Crippen LogP contribution in [0.2, 0.25) is 0 Å². The summed E-state index contributed by atoms with van der Waals surface area (Å²) in [4.78, 5) is 0. The third kappa shape index (κ3) is 3.33. The number of benzene rings is 1. The molecule has 0 aliphatic heterocycles. The van der Waals surface area contributed by atoms with Crippen LogP contribution < -0.4 is 5.73 Å². The van der Waals surface area contributed by atoms with Gasteiger partial charge in [0.05, 0.1) is 12.1 Å². The lowest BCUT2D eigenvalue weighted by Crippen LogP contribution is -2.26. The summed E-state index contributed by atoms with van der Waals surface area (Å²) >= 11 is 0. The zero-order valence-corrected chi connectivity index (χ0v) is 9.83. The van der Waals surface area contributed by atoms with Crippen LogP contribution in [0.3, 0.4) is 0 Å². The predicted molar refractivity (Wildman–Crippen MR) is 63.8 cm³/mol. The molecular formula is C13H21NO. The molecule has 0 spiro atoms. The van der Waals surface area contributed by atoms with Crippen molar-refractivity contribution in [1.29, 1.82) is 0 Å². The van der Waals surface area contributed by atoms with E-state index in [1.165, 1.54) is 11.1 Å². The molecule has 2 heteroatoms. The maximum Gasteiger partial charge on any atom is 0.0732 e. The molecule has 0 saturated heterocycles. The van der Waals surface area contributed by atoms with E-state index in [-0.39, 0.29) is 6.04 Å². The van der Waals surface area contributed by atoms with Gasteiger partial charge in [0.15, 0.2) is 0 Å². The van der Waals surface area contributed by atoms with Gasteiger partial charge >= 0.3 is 0 Å². The molecule has 0 saturated carbocycles. The fraction of sp³-hybridized carbons (Fsp3) is 0.538. The molecule has 1 aromatic carbocycles. The minimum absolute atomic E-state index is 0.261. The van der Waals surface area contributed by atoms with Gasteiger partial charge in [-0.05, 0) is 25.8 Å². The monoisotopic (exact) mass is 207 g/mol. The first kappa shape index (κ1) is 12.2. The highest BCUT2D eigenvalue weighted by atomic mass is 16.3. The van der Waals surface area contributed by atoms with Crippen molar-refractivity contribution in [1.82, 2.24) is 0 Å². The number of aliphatic hydroxyl groups excluding tert-OH is 1. The molecule has 0 radical (unpaired) electrons. The van der Waals surface area contributed by atoms with Crippen LogP contribution in [-0.4, -0.2) is 11.2 Å². The van der Waals surface area contributed by atoms with Crippen molar-refractivity contribution in [3.63, 3.8) is 0 Å². The van der Waals surface area contributed by atoms with Gasteiger partial charge in [-0.25, -0.2) is 0 Å². The van der Waals surface area contributed by atoms with Crippen molar-refractivity contribution in [2.45, 2.75) is 45.8 Å². The smallest absolute Gasteiger partial charge is 0.0732 e. The van der Waals surface area contributed by atoms with Crippen LogP contribution in [0, 0.1) is 13.8 Å². The highest BCUT2D eigenvalue weighted by Gasteiger charge is 2.16. The predicted octanol–water partition coefficient (Wildman–Crippen LogP) is 2.46. The Bertz CT molecular complexity index is 302. The molecule has 84 valence electrons. The first-order valence-electron chi connectivity index (χ1n) is 5.56. The first-order valence-corrected chi connectivity index (χ1v) is 5.56. The number of nitrogens with two attached hydrogens (primary N) is 1. The molecule has 0 fully saturated rings. The van der Waals surface area contributed by atoms with E-state index in [0.29, 0.717) is 0 Å². The lowest BCUT2D eigenvalue weighted by atomic mass is 9.96. The van der Waals surface area contributed by atoms with E-state index in [2.05, 4.69) is 39.0 Å². The molecule has 2 atom stereocenters. The molecule has 2 nitrogen and oxygen atoms in total. The van der Waals surface area contributed by atoms with Crippen LogP contribution in [0.25, 0.3) is 0 Å². The average Bonchev–Trinajstić information content (AvgIpc) is 2.15. The molecule has 0 aliphatic rings. The number of hydrogen-bond donors (Lipinski definition) is 2. The van der Waals surface area contributed by atoms with Crippen molar-refractivity contribution in [2.75, 3.05) is 0 Å². The van der Waals surface area contributed by atoms with E-state index in [1.807, 2.05) is 0 Å². The van der Waals surface area contributed by atoms with Gasteiger partial charge in [0, 0.05) is 0 Å². The SMILES string of the molecule is CCC[C@@H](O)[C@@H](N)c1cc(C)cc(C)c1. The van der Waals surface area contributed by atoms with E-state index in [0.717, 1.165) is 18.4 Å². The zero-order valence-electron chi connectivity index (χ0n) is 9.83. The number of rotatable bonds is 4. The van der Waals surface area contributed by atoms with E-state index < -0.39 is 6.10 Å². The number of aryl methyl sites for hydroxylation is 2. The minimum atomic E-state index is -0.434. The first-order chi connectivity index (χ1) is 7.04. The Hall–Kier alpha value is -0.860. The van der Waals surface area contributed by atoms with Gasteiger partial charge in [-0.1, -0.05) is 42.7 Å². The fourth-order valence-corrected chi connectivity index (χ4v) is 1.90. The summed E-state index contributed by atoms with van der Waals surface area (Å²) in [5.41, 5.74) is 9.44. The topological polar surface area (TPSA) is 46.2 Å². The van der Waals surface area contributed by atoms with Crippen molar-refractivity contribution in [3.8, 4) is 0 Å². The molecule has 0 aromatic heterocycles. The van der Waals surface area contributed by atoms with Crippen molar-refractivity contribution < 1.29 is 5.11 Å². The Balaban J connectivity index is 2.85. The molecule has 0 aliphatic carbocycles. The van der Waals surface area contributed by atoms with E-state index in [1.54, 1.807) is 0 Å². The van der Waals surface area contributed by atoms with E-state index in [4.69, 9.17) is 5.73 Å². The van der Waals surface area contributed by atoms with Crippen molar-refractivity contribution in [2.24, 2.45) is 5.73 Å². The standard InChI is InChI=1S/C13H21NO/c1-4-5-12(15)13(14)11-7-9(2)6-10(3)8-11/h6-8,12-13,15H,4-5,14H2,1-3H3/t12-,13+/m1/s1. The van der Waals surface area contributed by atoms with Crippen LogP contribution in [0.4, 0.5) is 0 Å². The van der Waals surface area contributed by atoms with Gasteiger partial charge in [0.1, 0.15) is 0 Å². The van der Waals surface area contributed by atoms with Gasteiger partial charge in [0.2, 0.25) is 0 Å². The lowest BCUT2D eigenvalue weighted by molar-refractivity contribution is 0.134. The minimum Gasteiger partial charge on any atom is -0.391 e. The second kappa shape index (κ2) is 5.29. The number of aliphatic hydroxyl groups is 1. The van der Waals surface area contributed by atoms with Crippen LogP contribution in [0.15, 0.2) is 18.2 Å². The largest absolute Gasteiger partial charge is 0.391 e. The van der Waals surface area contributed by atoms with Crippen LogP contribution in [0.1, 0.15) is 42.5 Å². The summed E-state index contributed by atoms with van der Waals surface area (Å²) in [5.74, 6) is 0. The average molecular weight is 207 g/mol. The Morgan fingerprint density at radius 2 is 1.73 bits per heavy atom. The summed E-state index contributed by atoms with van der Waals surface area (Å²) in [6, 6.07) is 5.96. The van der Waals surface area contributed by atoms with Crippen LogP contribution in [-0.2, 0) is 0 Å². The lowest BCUT2D eigenvalue weighted by Gasteiger charge is -2.19. The highest BCUT2D eigenvalue weighted by molar-refractivity contribution is 5.31. The number of hydrogen-bond acceptors (Lipinski definition) is 2. The molecular weight excluding hydrogens is 186 g/mol. The van der Waals surface area contributed by atoms with Gasteiger partial charge in [-0.2, -0.15) is 0 Å². The fourth-order valence-electron chi connectivity index (χ4n) is 1.90. The van der Waals surface area contributed by atoms with E-state index in [9.17, 15) is 5.11 Å². The molecule has 15 heavy (non-hydrogen) atoms. The molecule has 1 rings (SSSR count).